The Bertz CT molecular complexity index is 462. The summed E-state index contributed by atoms with van der Waals surface area (Å²) < 4.78 is 13.8. The molecule has 0 unspecified atom stereocenters. The molecule has 14 heavy (non-hydrogen) atoms. The van der Waals surface area contributed by atoms with E-state index in [1.165, 1.54) is 11.1 Å². The first-order valence-electron chi connectivity index (χ1n) is 4.59. The standard InChI is InChI=1S/C10H12FN3/c1-7-5-9-10(6-8(7)2)14(4-3-11)13-12-9/h5-6H,3-4H2,1-2H3. The van der Waals surface area contributed by atoms with Crippen LogP contribution in [0.25, 0.3) is 11.0 Å². The molecular formula is C10H12FN3. The second-order valence-electron chi connectivity index (χ2n) is 3.43. The predicted octanol–water partition coefficient (Wildman–Crippen LogP) is 2.02. The summed E-state index contributed by atoms with van der Waals surface area (Å²) in [7, 11) is 0. The quantitative estimate of drug-likeness (QED) is 0.730. The van der Waals surface area contributed by atoms with Gasteiger partial charge in [0, 0.05) is 0 Å². The van der Waals surface area contributed by atoms with E-state index in [0.717, 1.165) is 11.0 Å². The Morgan fingerprint density at radius 2 is 2.00 bits per heavy atom. The number of aromatic nitrogens is 3. The largest absolute Gasteiger partial charge is 0.249 e. The molecule has 3 nitrogen and oxygen atoms in total. The van der Waals surface area contributed by atoms with Crippen molar-refractivity contribution >= 4 is 11.0 Å². The van der Waals surface area contributed by atoms with Crippen molar-refractivity contribution in [3.05, 3.63) is 23.3 Å². The molecule has 0 atom stereocenters. The Labute approximate surface area is 81.5 Å². The highest BCUT2D eigenvalue weighted by Gasteiger charge is 2.05. The molecule has 0 aliphatic heterocycles. The van der Waals surface area contributed by atoms with Crippen LogP contribution in [0.3, 0.4) is 0 Å². The molecule has 1 aromatic heterocycles. The normalized spacial score (nSPS) is 11.1. The van der Waals surface area contributed by atoms with Gasteiger partial charge in [0.15, 0.2) is 0 Å². The maximum absolute atomic E-state index is 12.2. The summed E-state index contributed by atoms with van der Waals surface area (Å²) in [5.74, 6) is 0. The van der Waals surface area contributed by atoms with Gasteiger partial charge in [-0.05, 0) is 37.1 Å². The van der Waals surface area contributed by atoms with Crippen LogP contribution < -0.4 is 0 Å². The van der Waals surface area contributed by atoms with Gasteiger partial charge in [0.05, 0.1) is 12.1 Å². The van der Waals surface area contributed by atoms with Crippen LogP contribution in [0.1, 0.15) is 11.1 Å². The summed E-state index contributed by atoms with van der Waals surface area (Å²) in [6.07, 6.45) is 0. The number of fused-ring (bicyclic) bond motifs is 1. The molecule has 0 aliphatic carbocycles. The highest BCUT2D eigenvalue weighted by Crippen LogP contribution is 2.16. The van der Waals surface area contributed by atoms with Crippen LogP contribution in [0.4, 0.5) is 4.39 Å². The third kappa shape index (κ3) is 1.36. The zero-order valence-electron chi connectivity index (χ0n) is 8.29. The molecule has 0 aliphatic rings. The smallest absolute Gasteiger partial charge is 0.113 e. The van der Waals surface area contributed by atoms with Gasteiger partial charge in [-0.15, -0.1) is 5.10 Å². The lowest BCUT2D eigenvalue weighted by molar-refractivity contribution is 0.428. The van der Waals surface area contributed by atoms with E-state index in [0.29, 0.717) is 0 Å². The minimum absolute atomic E-state index is 0.277. The van der Waals surface area contributed by atoms with Crippen LogP contribution >= 0.6 is 0 Å². The molecule has 0 spiro atoms. The van der Waals surface area contributed by atoms with Crippen LogP contribution in [-0.2, 0) is 6.54 Å². The number of nitrogens with zero attached hydrogens (tertiary/aromatic N) is 3. The average molecular weight is 193 g/mol. The van der Waals surface area contributed by atoms with E-state index in [2.05, 4.69) is 10.3 Å². The summed E-state index contributed by atoms with van der Waals surface area (Å²) in [5, 5.41) is 7.88. The van der Waals surface area contributed by atoms with Gasteiger partial charge in [-0.25, -0.2) is 9.07 Å². The van der Waals surface area contributed by atoms with Crippen molar-refractivity contribution in [3.63, 3.8) is 0 Å². The summed E-state index contributed by atoms with van der Waals surface area (Å²) in [6, 6.07) is 3.98. The fourth-order valence-electron chi connectivity index (χ4n) is 1.47. The molecule has 0 saturated carbocycles. The monoisotopic (exact) mass is 193 g/mol. The molecule has 0 bridgehead atoms. The minimum Gasteiger partial charge on any atom is -0.249 e. The van der Waals surface area contributed by atoms with Crippen molar-refractivity contribution in [1.82, 2.24) is 15.0 Å². The highest BCUT2D eigenvalue weighted by atomic mass is 19.1. The van der Waals surface area contributed by atoms with Gasteiger partial charge in [-0.3, -0.25) is 0 Å². The van der Waals surface area contributed by atoms with Crippen LogP contribution in [0.15, 0.2) is 12.1 Å². The number of hydrogen-bond donors (Lipinski definition) is 0. The summed E-state index contributed by atoms with van der Waals surface area (Å²) >= 11 is 0. The van der Waals surface area contributed by atoms with Crippen LogP contribution in [0.5, 0.6) is 0 Å². The molecular weight excluding hydrogens is 181 g/mol. The average Bonchev–Trinajstić information content (AvgIpc) is 2.51. The maximum Gasteiger partial charge on any atom is 0.113 e. The van der Waals surface area contributed by atoms with Crippen molar-refractivity contribution in [2.24, 2.45) is 0 Å². The summed E-state index contributed by atoms with van der Waals surface area (Å²) in [6.45, 7) is 3.93. The second-order valence-corrected chi connectivity index (χ2v) is 3.43. The SMILES string of the molecule is Cc1cc2nnn(CCF)c2cc1C. The Morgan fingerprint density at radius 3 is 2.71 bits per heavy atom. The van der Waals surface area contributed by atoms with Crippen molar-refractivity contribution < 1.29 is 4.39 Å². The van der Waals surface area contributed by atoms with E-state index in [-0.39, 0.29) is 6.54 Å². The topological polar surface area (TPSA) is 30.7 Å². The maximum atomic E-state index is 12.2. The molecule has 0 radical (unpaired) electrons. The van der Waals surface area contributed by atoms with Gasteiger partial charge in [-0.1, -0.05) is 5.21 Å². The van der Waals surface area contributed by atoms with Gasteiger partial charge in [-0.2, -0.15) is 0 Å². The fraction of sp³-hybridized carbons (Fsp3) is 0.400. The van der Waals surface area contributed by atoms with E-state index in [9.17, 15) is 4.39 Å². The van der Waals surface area contributed by atoms with Crippen molar-refractivity contribution in [2.75, 3.05) is 6.67 Å². The predicted molar refractivity (Wildman–Crippen MR) is 53.0 cm³/mol. The summed E-state index contributed by atoms with van der Waals surface area (Å²) in [4.78, 5) is 0. The van der Waals surface area contributed by atoms with E-state index in [1.54, 1.807) is 4.68 Å². The van der Waals surface area contributed by atoms with Crippen molar-refractivity contribution in [1.29, 1.82) is 0 Å². The van der Waals surface area contributed by atoms with Crippen LogP contribution in [0.2, 0.25) is 0 Å². The number of rotatable bonds is 2. The van der Waals surface area contributed by atoms with E-state index >= 15 is 0 Å². The Hall–Kier alpha value is -1.45. The van der Waals surface area contributed by atoms with Gasteiger partial charge in [0.25, 0.3) is 0 Å². The van der Waals surface area contributed by atoms with Crippen LogP contribution in [-0.4, -0.2) is 21.7 Å². The van der Waals surface area contributed by atoms with Crippen LogP contribution in [0, 0.1) is 13.8 Å². The third-order valence-electron chi connectivity index (χ3n) is 2.43. The number of halogens is 1. The molecule has 0 amide bonds. The molecule has 2 rings (SSSR count). The lowest BCUT2D eigenvalue weighted by Gasteiger charge is -2.01. The Kier molecular flexibility index (Phi) is 2.19. The molecule has 4 heteroatoms. The first kappa shape index (κ1) is 9.12. The van der Waals surface area contributed by atoms with Gasteiger partial charge >= 0.3 is 0 Å². The molecule has 0 saturated heterocycles. The van der Waals surface area contributed by atoms with Gasteiger partial charge in [0.1, 0.15) is 12.2 Å². The van der Waals surface area contributed by atoms with E-state index in [4.69, 9.17) is 0 Å². The Morgan fingerprint density at radius 1 is 1.29 bits per heavy atom. The number of aryl methyl sites for hydroxylation is 3. The number of hydrogen-bond acceptors (Lipinski definition) is 2. The molecule has 1 aromatic carbocycles. The minimum atomic E-state index is -0.411. The second kappa shape index (κ2) is 3.36. The van der Waals surface area contributed by atoms with Crippen molar-refractivity contribution in [3.8, 4) is 0 Å². The Balaban J connectivity index is 2.61. The molecule has 1 heterocycles. The van der Waals surface area contributed by atoms with Gasteiger partial charge in [0.2, 0.25) is 0 Å². The zero-order chi connectivity index (χ0) is 10.1. The first-order valence-corrected chi connectivity index (χ1v) is 4.59. The lowest BCUT2D eigenvalue weighted by Crippen LogP contribution is -2.01. The highest BCUT2D eigenvalue weighted by molar-refractivity contribution is 5.76. The van der Waals surface area contributed by atoms with Gasteiger partial charge < -0.3 is 0 Å². The molecule has 2 aromatic rings. The van der Waals surface area contributed by atoms with E-state index in [1.807, 2.05) is 26.0 Å². The zero-order valence-corrected chi connectivity index (χ0v) is 8.29. The van der Waals surface area contributed by atoms with Crippen molar-refractivity contribution in [2.45, 2.75) is 20.4 Å². The number of benzene rings is 1. The number of alkyl halides is 1. The molecule has 0 fully saturated rings. The van der Waals surface area contributed by atoms with E-state index < -0.39 is 6.67 Å². The first-order chi connectivity index (χ1) is 6.72. The fourth-order valence-corrected chi connectivity index (χ4v) is 1.47. The third-order valence-corrected chi connectivity index (χ3v) is 2.43. The molecule has 0 N–H and O–H groups in total. The lowest BCUT2D eigenvalue weighted by atomic mass is 10.1. The summed E-state index contributed by atoms with van der Waals surface area (Å²) in [5.41, 5.74) is 4.11. The molecule has 74 valence electrons.